The van der Waals surface area contributed by atoms with Gasteiger partial charge in [0, 0.05) is 38.2 Å². The molecule has 0 aliphatic heterocycles. The molecule has 0 saturated carbocycles. The molecule has 0 saturated heterocycles. The van der Waals surface area contributed by atoms with E-state index in [0.717, 1.165) is 88.2 Å². The van der Waals surface area contributed by atoms with Crippen molar-refractivity contribution in [1.82, 2.24) is 15.0 Å². The van der Waals surface area contributed by atoms with Crippen LogP contribution >= 0.6 is 0 Å². The Morgan fingerprint density at radius 3 is 1.43 bits per heavy atom. The second-order valence-corrected chi connectivity index (χ2v) is 13.6. The lowest BCUT2D eigenvalue weighted by molar-refractivity contribution is 0.669. The van der Waals surface area contributed by atoms with Gasteiger partial charge in [-0.1, -0.05) is 121 Å². The summed E-state index contributed by atoms with van der Waals surface area (Å²) in [4.78, 5) is 14.9. The lowest BCUT2D eigenvalue weighted by Gasteiger charge is -2.09. The van der Waals surface area contributed by atoms with Crippen LogP contribution in [0.4, 0.5) is 0 Å². The first-order valence-electron chi connectivity index (χ1n) is 18.0. The highest BCUT2D eigenvalue weighted by Gasteiger charge is 2.19. The highest BCUT2D eigenvalue weighted by Crippen LogP contribution is 2.43. The molecule has 54 heavy (non-hydrogen) atoms. The van der Waals surface area contributed by atoms with Gasteiger partial charge in [-0.3, -0.25) is 0 Å². The Morgan fingerprint density at radius 1 is 0.296 bits per heavy atom. The van der Waals surface area contributed by atoms with Crippen LogP contribution in [0.2, 0.25) is 0 Å². The predicted molar refractivity (Wildman–Crippen MR) is 219 cm³/mol. The Balaban J connectivity index is 1.12. The summed E-state index contributed by atoms with van der Waals surface area (Å²) in [7, 11) is 0. The van der Waals surface area contributed by atoms with E-state index in [9.17, 15) is 0 Å². The monoisotopic (exact) mass is 691 g/mol. The van der Waals surface area contributed by atoms with E-state index in [-0.39, 0.29) is 0 Å². The van der Waals surface area contributed by atoms with Gasteiger partial charge < -0.3 is 8.83 Å². The van der Waals surface area contributed by atoms with Gasteiger partial charge in [-0.25, -0.2) is 15.0 Å². The molecule has 11 rings (SSSR count). The minimum atomic E-state index is 0.601. The average molecular weight is 692 g/mol. The summed E-state index contributed by atoms with van der Waals surface area (Å²) < 4.78 is 13.1. The topological polar surface area (TPSA) is 65.0 Å². The van der Waals surface area contributed by atoms with Crippen molar-refractivity contribution >= 4 is 54.6 Å². The van der Waals surface area contributed by atoms with Crippen molar-refractivity contribution in [3.05, 3.63) is 176 Å². The molecule has 5 heteroatoms. The minimum Gasteiger partial charge on any atom is -0.456 e. The maximum absolute atomic E-state index is 6.64. The SMILES string of the molecule is c1ccc(-c2cc(-c3ccc4oc5ccc(-c6nc(-c7ccccc7)nc(-c7ccccc7)n6)cc5c4c3)c3c(c2)oc2cc4ccccc4cc23)cc1. The summed E-state index contributed by atoms with van der Waals surface area (Å²) in [5, 5.41) is 6.53. The van der Waals surface area contributed by atoms with Gasteiger partial charge in [-0.05, 0) is 87.6 Å². The molecule has 0 amide bonds. The summed E-state index contributed by atoms with van der Waals surface area (Å²) in [6, 6.07) is 60.5. The number of hydrogen-bond donors (Lipinski definition) is 0. The molecule has 0 aliphatic carbocycles. The van der Waals surface area contributed by atoms with Crippen molar-refractivity contribution in [2.24, 2.45) is 0 Å². The largest absolute Gasteiger partial charge is 0.456 e. The second kappa shape index (κ2) is 12.1. The van der Waals surface area contributed by atoms with Crippen LogP contribution in [0.3, 0.4) is 0 Å². The van der Waals surface area contributed by atoms with Gasteiger partial charge in [0.25, 0.3) is 0 Å². The fourth-order valence-corrected chi connectivity index (χ4v) is 7.64. The fourth-order valence-electron chi connectivity index (χ4n) is 7.64. The minimum absolute atomic E-state index is 0.601. The number of nitrogens with zero attached hydrogens (tertiary/aromatic N) is 3. The van der Waals surface area contributed by atoms with Gasteiger partial charge in [0.2, 0.25) is 0 Å². The molecule has 0 radical (unpaired) electrons. The standard InChI is InChI=1S/C49H29N3O2/c1-4-12-30(13-5-1)37-27-38(46-41-24-33-18-10-11-19-34(33)28-44(41)54-45(46)29-37)35-20-22-42-39(25-35)40-26-36(21-23-43(40)53-42)49-51-47(31-14-6-2-7-15-31)50-48(52-49)32-16-8-3-9-17-32/h1-29H. The molecule has 5 nitrogen and oxygen atoms in total. The van der Waals surface area contributed by atoms with Gasteiger partial charge in [0.15, 0.2) is 17.5 Å². The Kier molecular flexibility index (Phi) is 6.79. The normalized spacial score (nSPS) is 11.7. The molecular weight excluding hydrogens is 663 g/mol. The number of hydrogen-bond acceptors (Lipinski definition) is 5. The molecule has 0 atom stereocenters. The van der Waals surface area contributed by atoms with Crippen molar-refractivity contribution in [3.63, 3.8) is 0 Å². The summed E-state index contributed by atoms with van der Waals surface area (Å²) in [5.74, 6) is 1.85. The number of benzene rings is 8. The van der Waals surface area contributed by atoms with E-state index in [1.807, 2.05) is 78.9 Å². The van der Waals surface area contributed by atoms with Crippen molar-refractivity contribution in [3.8, 4) is 56.4 Å². The van der Waals surface area contributed by atoms with Gasteiger partial charge in [-0.15, -0.1) is 0 Å². The van der Waals surface area contributed by atoms with E-state index in [4.69, 9.17) is 23.8 Å². The zero-order valence-corrected chi connectivity index (χ0v) is 28.9. The molecule has 252 valence electrons. The zero-order valence-electron chi connectivity index (χ0n) is 28.9. The van der Waals surface area contributed by atoms with E-state index in [0.29, 0.717) is 17.5 Å². The Bertz CT molecular complexity index is 3150. The lowest BCUT2D eigenvalue weighted by atomic mass is 9.93. The molecule has 3 aromatic heterocycles. The van der Waals surface area contributed by atoms with Gasteiger partial charge >= 0.3 is 0 Å². The van der Waals surface area contributed by atoms with Gasteiger partial charge in [0.1, 0.15) is 22.3 Å². The summed E-state index contributed by atoms with van der Waals surface area (Å²) in [6.07, 6.45) is 0. The smallest absolute Gasteiger partial charge is 0.164 e. The van der Waals surface area contributed by atoms with Gasteiger partial charge in [-0.2, -0.15) is 0 Å². The Hall–Kier alpha value is -7.37. The number of furan rings is 2. The lowest BCUT2D eigenvalue weighted by Crippen LogP contribution is -2.00. The predicted octanol–water partition coefficient (Wildman–Crippen LogP) is 13.2. The molecule has 3 heterocycles. The first kappa shape index (κ1) is 30.3. The van der Waals surface area contributed by atoms with Crippen LogP contribution < -0.4 is 0 Å². The molecule has 11 aromatic rings. The Morgan fingerprint density at radius 2 is 0.796 bits per heavy atom. The summed E-state index contributed by atoms with van der Waals surface area (Å²) in [6.45, 7) is 0. The van der Waals surface area contributed by atoms with E-state index in [1.54, 1.807) is 0 Å². The first-order chi connectivity index (χ1) is 26.7. The van der Waals surface area contributed by atoms with E-state index in [1.165, 1.54) is 5.39 Å². The maximum atomic E-state index is 6.64. The van der Waals surface area contributed by atoms with Crippen LogP contribution in [0.25, 0.3) is 111 Å². The van der Waals surface area contributed by atoms with Crippen molar-refractivity contribution in [2.75, 3.05) is 0 Å². The van der Waals surface area contributed by atoms with Crippen molar-refractivity contribution in [2.45, 2.75) is 0 Å². The third-order valence-corrected chi connectivity index (χ3v) is 10.3. The van der Waals surface area contributed by atoms with Crippen LogP contribution in [0.1, 0.15) is 0 Å². The average Bonchev–Trinajstić information content (AvgIpc) is 3.80. The van der Waals surface area contributed by atoms with E-state index in [2.05, 4.69) is 97.1 Å². The summed E-state index contributed by atoms with van der Waals surface area (Å²) in [5.41, 5.74) is 10.5. The van der Waals surface area contributed by atoms with Crippen LogP contribution in [0, 0.1) is 0 Å². The highest BCUT2D eigenvalue weighted by molar-refractivity contribution is 6.17. The number of aromatic nitrogens is 3. The van der Waals surface area contributed by atoms with Crippen LogP contribution in [-0.2, 0) is 0 Å². The number of fused-ring (bicyclic) bond motifs is 7. The van der Waals surface area contributed by atoms with Crippen LogP contribution in [0.15, 0.2) is 185 Å². The molecular formula is C49H29N3O2. The molecule has 0 fully saturated rings. The van der Waals surface area contributed by atoms with Crippen molar-refractivity contribution in [1.29, 1.82) is 0 Å². The van der Waals surface area contributed by atoms with Gasteiger partial charge in [0.05, 0.1) is 0 Å². The highest BCUT2D eigenvalue weighted by atomic mass is 16.3. The van der Waals surface area contributed by atoms with E-state index < -0.39 is 0 Å². The van der Waals surface area contributed by atoms with Crippen LogP contribution in [0.5, 0.6) is 0 Å². The molecule has 0 unspecified atom stereocenters. The molecule has 0 spiro atoms. The second-order valence-electron chi connectivity index (χ2n) is 13.6. The van der Waals surface area contributed by atoms with E-state index >= 15 is 0 Å². The third kappa shape index (κ3) is 5.06. The fraction of sp³-hybridized carbons (Fsp3) is 0. The number of rotatable bonds is 5. The molecule has 8 aromatic carbocycles. The molecule has 0 bridgehead atoms. The molecule has 0 aliphatic rings. The molecule has 0 N–H and O–H groups in total. The third-order valence-electron chi connectivity index (χ3n) is 10.3. The quantitative estimate of drug-likeness (QED) is 0.180. The maximum Gasteiger partial charge on any atom is 0.164 e. The first-order valence-corrected chi connectivity index (χ1v) is 18.0. The van der Waals surface area contributed by atoms with Crippen LogP contribution in [-0.4, -0.2) is 15.0 Å². The Labute approximate surface area is 309 Å². The summed E-state index contributed by atoms with van der Waals surface area (Å²) >= 11 is 0. The van der Waals surface area contributed by atoms with Crippen molar-refractivity contribution < 1.29 is 8.83 Å². The zero-order chi connectivity index (χ0) is 35.6.